The van der Waals surface area contributed by atoms with Gasteiger partial charge in [0.15, 0.2) is 0 Å². The lowest BCUT2D eigenvalue weighted by atomic mass is 9.99. The molecule has 4 rings (SSSR count). The molecule has 0 unspecified atom stereocenters. The van der Waals surface area contributed by atoms with Crippen molar-refractivity contribution < 1.29 is 4.79 Å². The molecule has 5 nitrogen and oxygen atoms in total. The highest BCUT2D eigenvalue weighted by Crippen LogP contribution is 2.34. The zero-order valence-electron chi connectivity index (χ0n) is 16.9. The summed E-state index contributed by atoms with van der Waals surface area (Å²) in [6.45, 7) is 6.47. The van der Waals surface area contributed by atoms with Gasteiger partial charge in [-0.25, -0.2) is 0 Å². The molecule has 0 aliphatic carbocycles. The summed E-state index contributed by atoms with van der Waals surface area (Å²) in [5, 5.41) is 9.42. The minimum absolute atomic E-state index is 0.000484. The van der Waals surface area contributed by atoms with Crippen molar-refractivity contribution in [2.45, 2.75) is 26.2 Å². The topological polar surface area (TPSA) is 50.2 Å². The van der Waals surface area contributed by atoms with Gasteiger partial charge in [-0.2, -0.15) is 5.10 Å². The van der Waals surface area contributed by atoms with E-state index in [2.05, 4.69) is 22.2 Å². The predicted molar refractivity (Wildman–Crippen MR) is 121 cm³/mol. The fraction of sp³-hybridized carbons (Fsp3) is 0.455. The first-order valence-electron chi connectivity index (χ1n) is 10.2. The number of aryl methyl sites for hydroxylation is 1. The van der Waals surface area contributed by atoms with E-state index in [0.717, 1.165) is 45.2 Å². The van der Waals surface area contributed by atoms with Gasteiger partial charge >= 0.3 is 0 Å². The second-order valence-corrected chi connectivity index (χ2v) is 9.41. The number of likely N-dealkylation sites (tertiary alicyclic amines) is 1. The summed E-state index contributed by atoms with van der Waals surface area (Å²) in [4.78, 5) is 16.9. The van der Waals surface area contributed by atoms with Gasteiger partial charge in [0, 0.05) is 29.6 Å². The maximum absolute atomic E-state index is 12.6. The molecule has 3 heterocycles. The fourth-order valence-electron chi connectivity index (χ4n) is 3.85. The lowest BCUT2D eigenvalue weighted by molar-refractivity contribution is 0.0954. The van der Waals surface area contributed by atoms with Gasteiger partial charge in [0.05, 0.1) is 4.88 Å². The second-order valence-electron chi connectivity index (χ2n) is 7.94. The molecule has 1 aliphatic rings. The summed E-state index contributed by atoms with van der Waals surface area (Å²) >= 11 is 7.49. The number of fused-ring (bicyclic) bond motifs is 1. The lowest BCUT2D eigenvalue weighted by Gasteiger charge is -2.30. The van der Waals surface area contributed by atoms with Crippen molar-refractivity contribution >= 4 is 39.1 Å². The number of nitrogens with zero attached hydrogens (tertiary/aromatic N) is 3. The summed E-state index contributed by atoms with van der Waals surface area (Å²) in [7, 11) is 1.92. The lowest BCUT2D eigenvalue weighted by Crippen LogP contribution is -2.35. The molecule has 1 saturated heterocycles. The Morgan fingerprint density at radius 1 is 1.28 bits per heavy atom. The maximum atomic E-state index is 12.6. The summed E-state index contributed by atoms with van der Waals surface area (Å²) < 4.78 is 1.85. The number of hydrogen-bond donors (Lipinski definition) is 1. The van der Waals surface area contributed by atoms with Crippen molar-refractivity contribution in [3.63, 3.8) is 0 Å². The van der Waals surface area contributed by atoms with E-state index in [1.165, 1.54) is 37.3 Å². The fourth-order valence-corrected chi connectivity index (χ4v) is 4.97. The van der Waals surface area contributed by atoms with Gasteiger partial charge in [0.1, 0.15) is 10.5 Å². The van der Waals surface area contributed by atoms with Crippen molar-refractivity contribution in [3.05, 3.63) is 40.2 Å². The molecule has 3 aromatic rings. The van der Waals surface area contributed by atoms with Gasteiger partial charge in [-0.3, -0.25) is 9.48 Å². The van der Waals surface area contributed by atoms with Crippen LogP contribution in [0.15, 0.2) is 30.3 Å². The van der Waals surface area contributed by atoms with Crippen molar-refractivity contribution in [1.29, 1.82) is 0 Å². The number of rotatable bonds is 6. The number of halogens is 1. The predicted octanol–water partition coefficient (Wildman–Crippen LogP) is 4.81. The number of nitrogens with one attached hydrogen (secondary N) is 1. The van der Waals surface area contributed by atoms with E-state index in [1.807, 2.05) is 42.1 Å². The summed E-state index contributed by atoms with van der Waals surface area (Å²) in [6.07, 6.45) is 3.57. The number of carbonyl (C=O) groups excluding carboxylic acids is 1. The molecule has 1 fully saturated rings. The third-order valence-electron chi connectivity index (χ3n) is 5.67. The van der Waals surface area contributed by atoms with Gasteiger partial charge in [0.25, 0.3) is 5.91 Å². The van der Waals surface area contributed by atoms with E-state index < -0.39 is 0 Å². The summed E-state index contributed by atoms with van der Waals surface area (Å²) in [5.41, 5.74) is 1.88. The number of hydrogen-bond acceptors (Lipinski definition) is 4. The molecular formula is C22H27ClN4OS. The number of thiophene rings is 1. The van der Waals surface area contributed by atoms with E-state index in [-0.39, 0.29) is 5.91 Å². The van der Waals surface area contributed by atoms with Gasteiger partial charge in [0.2, 0.25) is 0 Å². The quantitative estimate of drug-likeness (QED) is 0.571. The van der Waals surface area contributed by atoms with Crippen LogP contribution in [0.2, 0.25) is 5.02 Å². The van der Waals surface area contributed by atoms with Gasteiger partial charge in [-0.1, -0.05) is 30.7 Å². The van der Waals surface area contributed by atoms with E-state index in [4.69, 9.17) is 11.6 Å². The molecule has 0 saturated carbocycles. The number of aromatic nitrogens is 2. The van der Waals surface area contributed by atoms with E-state index in [9.17, 15) is 4.79 Å². The minimum Gasteiger partial charge on any atom is -0.351 e. The SMILES string of the molecule is CC1CCN(CCCNC(=O)c2cc3c(-c4ccc(Cl)cc4)nn(C)c3s2)CC1. The smallest absolute Gasteiger partial charge is 0.261 e. The molecule has 0 radical (unpaired) electrons. The standard InChI is InChI=1S/C22H27ClN4OS/c1-15-8-12-27(13-9-15)11-3-10-24-21(28)19-14-18-20(25-26(2)22(18)29-19)16-4-6-17(23)7-5-16/h4-7,14-15H,3,8-13H2,1-2H3,(H,24,28). The Hall–Kier alpha value is -1.89. The number of benzene rings is 1. The first kappa shape index (κ1) is 20.4. The molecule has 1 aliphatic heterocycles. The zero-order chi connectivity index (χ0) is 20.4. The van der Waals surface area contributed by atoms with Crippen LogP contribution in [0.3, 0.4) is 0 Å². The Kier molecular flexibility index (Phi) is 6.23. The molecule has 1 amide bonds. The van der Waals surface area contributed by atoms with Crippen LogP contribution < -0.4 is 5.32 Å². The third-order valence-corrected chi connectivity index (χ3v) is 7.12. The first-order valence-corrected chi connectivity index (χ1v) is 11.4. The Morgan fingerprint density at radius 3 is 2.72 bits per heavy atom. The molecule has 0 bridgehead atoms. The Bertz CT molecular complexity index is 986. The average Bonchev–Trinajstić information content (AvgIpc) is 3.28. The number of carbonyl (C=O) groups is 1. The molecule has 0 atom stereocenters. The second kappa shape index (κ2) is 8.86. The van der Waals surface area contributed by atoms with Gasteiger partial charge < -0.3 is 10.2 Å². The third kappa shape index (κ3) is 4.65. The highest BCUT2D eigenvalue weighted by atomic mass is 35.5. The van der Waals surface area contributed by atoms with Gasteiger partial charge in [-0.15, -0.1) is 11.3 Å². The van der Waals surface area contributed by atoms with Crippen LogP contribution in [0.1, 0.15) is 35.9 Å². The van der Waals surface area contributed by atoms with Crippen molar-refractivity contribution in [2.75, 3.05) is 26.2 Å². The largest absolute Gasteiger partial charge is 0.351 e. The zero-order valence-corrected chi connectivity index (χ0v) is 18.5. The normalized spacial score (nSPS) is 15.8. The molecule has 1 aromatic carbocycles. The molecule has 2 aromatic heterocycles. The molecule has 29 heavy (non-hydrogen) atoms. The van der Waals surface area contributed by atoms with Crippen LogP contribution in [0, 0.1) is 5.92 Å². The van der Waals surface area contributed by atoms with Crippen LogP contribution in [0.4, 0.5) is 0 Å². The van der Waals surface area contributed by atoms with Crippen LogP contribution in [-0.4, -0.2) is 46.8 Å². The van der Waals surface area contributed by atoms with Crippen molar-refractivity contribution in [3.8, 4) is 11.3 Å². The van der Waals surface area contributed by atoms with E-state index in [0.29, 0.717) is 11.6 Å². The Balaban J connectivity index is 1.38. The van der Waals surface area contributed by atoms with Crippen molar-refractivity contribution in [1.82, 2.24) is 20.0 Å². The minimum atomic E-state index is 0.000484. The molecule has 1 N–H and O–H groups in total. The van der Waals surface area contributed by atoms with Crippen molar-refractivity contribution in [2.24, 2.45) is 13.0 Å². The van der Waals surface area contributed by atoms with Gasteiger partial charge in [-0.05, 0) is 63.0 Å². The van der Waals surface area contributed by atoms with E-state index >= 15 is 0 Å². The molecular weight excluding hydrogens is 404 g/mol. The Labute approximate surface area is 180 Å². The van der Waals surface area contributed by atoms with Crippen LogP contribution in [0.25, 0.3) is 21.5 Å². The average molecular weight is 431 g/mol. The molecule has 7 heteroatoms. The molecule has 154 valence electrons. The van der Waals surface area contributed by atoms with E-state index in [1.54, 1.807) is 0 Å². The highest BCUT2D eigenvalue weighted by molar-refractivity contribution is 7.20. The van der Waals surface area contributed by atoms with Crippen LogP contribution in [-0.2, 0) is 7.05 Å². The number of piperidine rings is 1. The first-order chi connectivity index (χ1) is 14.0. The molecule has 0 spiro atoms. The highest BCUT2D eigenvalue weighted by Gasteiger charge is 2.18. The monoisotopic (exact) mass is 430 g/mol. The maximum Gasteiger partial charge on any atom is 0.261 e. The van der Waals surface area contributed by atoms with Crippen LogP contribution >= 0.6 is 22.9 Å². The number of amides is 1. The summed E-state index contributed by atoms with van der Waals surface area (Å²) in [5.74, 6) is 0.853. The summed E-state index contributed by atoms with van der Waals surface area (Å²) in [6, 6.07) is 9.60. The van der Waals surface area contributed by atoms with Crippen LogP contribution in [0.5, 0.6) is 0 Å². The Morgan fingerprint density at radius 2 is 2.00 bits per heavy atom.